The van der Waals surface area contributed by atoms with Crippen molar-refractivity contribution in [2.24, 2.45) is 0 Å². The minimum atomic E-state index is -0.323. The third kappa shape index (κ3) is 3.08. The van der Waals surface area contributed by atoms with Gasteiger partial charge in [0.25, 0.3) is 5.56 Å². The molecule has 0 saturated carbocycles. The lowest BCUT2D eigenvalue weighted by Crippen LogP contribution is -2.39. The first-order valence-electron chi connectivity index (χ1n) is 10.1. The number of likely N-dealkylation sites (tertiary alicyclic amines) is 1. The van der Waals surface area contributed by atoms with Crippen molar-refractivity contribution in [1.29, 1.82) is 0 Å². The lowest BCUT2D eigenvalue weighted by molar-refractivity contribution is 0.0514. The van der Waals surface area contributed by atoms with Gasteiger partial charge < -0.3 is 5.11 Å². The summed E-state index contributed by atoms with van der Waals surface area (Å²) < 4.78 is 5.81. The van der Waals surface area contributed by atoms with E-state index in [-0.39, 0.29) is 11.7 Å². The molecule has 2 aromatic heterocycles. The van der Waals surface area contributed by atoms with E-state index in [9.17, 15) is 9.90 Å². The molecule has 8 heteroatoms. The van der Waals surface area contributed by atoms with Crippen LogP contribution < -0.4 is 5.56 Å². The summed E-state index contributed by atoms with van der Waals surface area (Å²) in [6.45, 7) is 3.95. The monoisotopic (exact) mass is 421 g/mol. The second kappa shape index (κ2) is 7.46. The minimum absolute atomic E-state index is 0.118. The predicted molar refractivity (Wildman–Crippen MR) is 119 cm³/mol. The smallest absolute Gasteiger partial charge is 0.267 e. The number of aliphatic hydroxyl groups is 1. The molecule has 1 aliphatic rings. The van der Waals surface area contributed by atoms with Crippen molar-refractivity contribution in [3.63, 3.8) is 0 Å². The fourth-order valence-electron chi connectivity index (χ4n) is 4.29. The Morgan fingerprint density at radius 3 is 2.73 bits per heavy atom. The van der Waals surface area contributed by atoms with Gasteiger partial charge in [-0.2, -0.15) is 0 Å². The van der Waals surface area contributed by atoms with E-state index in [2.05, 4.69) is 4.90 Å². The van der Waals surface area contributed by atoms with Crippen LogP contribution in [-0.2, 0) is 6.67 Å². The molecule has 4 aromatic rings. The first kappa shape index (κ1) is 19.2. The van der Waals surface area contributed by atoms with Crippen LogP contribution in [0.4, 0.5) is 0 Å². The van der Waals surface area contributed by atoms with Gasteiger partial charge >= 0.3 is 0 Å². The van der Waals surface area contributed by atoms with Gasteiger partial charge in [0.05, 0.1) is 29.4 Å². The fourth-order valence-corrected chi connectivity index (χ4v) is 4.56. The van der Waals surface area contributed by atoms with Crippen LogP contribution in [0.1, 0.15) is 18.4 Å². The Bertz CT molecular complexity index is 1370. The highest BCUT2D eigenvalue weighted by atomic mass is 32.1. The van der Waals surface area contributed by atoms with Crippen LogP contribution in [0, 0.1) is 11.7 Å². The number of aliphatic hydroxyl groups excluding tert-OH is 1. The van der Waals surface area contributed by atoms with E-state index >= 15 is 0 Å². The number of nitrogens with zero attached hydrogens (tertiary/aromatic N) is 5. The van der Waals surface area contributed by atoms with Crippen molar-refractivity contribution in [3.05, 3.63) is 69.2 Å². The average Bonchev–Trinajstić information content (AvgIpc) is 3.05. The molecule has 0 spiro atoms. The zero-order valence-electron chi connectivity index (χ0n) is 16.7. The molecule has 5 rings (SSSR count). The Hall–Kier alpha value is -2.81. The largest absolute Gasteiger partial charge is 0.392 e. The molecule has 0 radical (unpaired) electrons. The quantitative estimate of drug-likeness (QED) is 0.515. The van der Waals surface area contributed by atoms with Crippen LogP contribution in [0.15, 0.2) is 53.3 Å². The van der Waals surface area contributed by atoms with Crippen molar-refractivity contribution in [1.82, 2.24) is 23.6 Å². The number of piperidine rings is 1. The maximum absolute atomic E-state index is 13.5. The molecule has 1 aliphatic heterocycles. The highest BCUT2D eigenvalue weighted by molar-refractivity contribution is 7.71. The summed E-state index contributed by atoms with van der Waals surface area (Å²) in [5, 5.41) is 15.4. The molecular weight excluding hydrogens is 398 g/mol. The van der Waals surface area contributed by atoms with Gasteiger partial charge in [0.2, 0.25) is 10.5 Å². The summed E-state index contributed by atoms with van der Waals surface area (Å²) in [5.74, 6) is 0.496. The summed E-state index contributed by atoms with van der Waals surface area (Å²) >= 11 is 5.80. The van der Waals surface area contributed by atoms with Crippen LogP contribution in [0.5, 0.6) is 0 Å². The Kier molecular flexibility index (Phi) is 4.77. The molecule has 1 fully saturated rings. The minimum Gasteiger partial charge on any atom is -0.392 e. The zero-order valence-corrected chi connectivity index (χ0v) is 17.5. The van der Waals surface area contributed by atoms with E-state index < -0.39 is 0 Å². The van der Waals surface area contributed by atoms with Crippen molar-refractivity contribution >= 4 is 28.9 Å². The van der Waals surface area contributed by atoms with E-state index in [0.29, 0.717) is 29.1 Å². The van der Waals surface area contributed by atoms with Crippen molar-refractivity contribution < 1.29 is 5.11 Å². The third-order valence-electron chi connectivity index (χ3n) is 5.77. The number of hydrogen-bond donors (Lipinski definition) is 1. The molecule has 0 unspecified atom stereocenters. The van der Waals surface area contributed by atoms with Gasteiger partial charge in [0.15, 0.2) is 0 Å². The summed E-state index contributed by atoms with van der Waals surface area (Å²) in [4.78, 5) is 15.6. The molecule has 30 heavy (non-hydrogen) atoms. The van der Waals surface area contributed by atoms with E-state index in [4.69, 9.17) is 17.3 Å². The maximum Gasteiger partial charge on any atom is 0.267 e. The van der Waals surface area contributed by atoms with Crippen LogP contribution >= 0.6 is 12.2 Å². The Morgan fingerprint density at radius 2 is 1.93 bits per heavy atom. The number of fused-ring (bicyclic) bond motifs is 3. The summed E-state index contributed by atoms with van der Waals surface area (Å²) in [6.07, 6.45) is 1.44. The Labute approximate surface area is 178 Å². The second-order valence-corrected chi connectivity index (χ2v) is 8.24. The summed E-state index contributed by atoms with van der Waals surface area (Å²) in [6, 6.07) is 15.3. The van der Waals surface area contributed by atoms with Gasteiger partial charge in [0, 0.05) is 13.1 Å². The van der Waals surface area contributed by atoms with E-state index in [1.54, 1.807) is 9.25 Å². The molecule has 1 saturated heterocycles. The van der Waals surface area contributed by atoms with Crippen LogP contribution in [-0.4, -0.2) is 47.9 Å². The Morgan fingerprint density at radius 1 is 1.17 bits per heavy atom. The SMILES string of the molecule is Cc1ccccc1-n1c(=O)c2ccccc2n2c(=S)n(CN3CCC[C@@H](O)C3)nc12. The molecule has 3 heterocycles. The van der Waals surface area contributed by atoms with Crippen molar-refractivity contribution in [3.8, 4) is 5.69 Å². The molecule has 1 N–H and O–H groups in total. The van der Waals surface area contributed by atoms with E-state index in [1.165, 1.54) is 0 Å². The lowest BCUT2D eigenvalue weighted by Gasteiger charge is -2.29. The lowest BCUT2D eigenvalue weighted by atomic mass is 10.1. The van der Waals surface area contributed by atoms with Gasteiger partial charge in [-0.3, -0.25) is 14.1 Å². The maximum atomic E-state index is 13.5. The Balaban J connectivity index is 1.79. The standard InChI is InChI=1S/C22H23N5O2S/c1-15-7-2-4-10-18(15)26-20(29)17-9-3-5-11-19(17)27-21(26)23-25(22(27)30)14-24-12-6-8-16(28)13-24/h2-5,7,9-11,16,28H,6,8,12-14H2,1H3/t16-/m1/s1. The molecular formula is C22H23N5O2S. The topological polar surface area (TPSA) is 67.7 Å². The highest BCUT2D eigenvalue weighted by Gasteiger charge is 2.21. The number of benzene rings is 2. The van der Waals surface area contributed by atoms with Crippen molar-refractivity contribution in [2.45, 2.75) is 32.5 Å². The number of aryl methyl sites for hydroxylation is 1. The first-order valence-corrected chi connectivity index (χ1v) is 10.5. The van der Waals surface area contributed by atoms with Gasteiger partial charge in [0.1, 0.15) is 0 Å². The number of hydrogen-bond acceptors (Lipinski definition) is 5. The predicted octanol–water partition coefficient (Wildman–Crippen LogP) is 2.89. The zero-order chi connectivity index (χ0) is 20.8. The van der Waals surface area contributed by atoms with E-state index in [0.717, 1.165) is 36.2 Å². The van der Waals surface area contributed by atoms with E-state index in [1.807, 2.05) is 59.9 Å². The fraction of sp³-hybridized carbons (Fsp3) is 0.318. The number of rotatable bonds is 3. The first-order chi connectivity index (χ1) is 14.5. The van der Waals surface area contributed by atoms with Crippen LogP contribution in [0.25, 0.3) is 22.4 Å². The molecule has 154 valence electrons. The molecule has 0 aliphatic carbocycles. The molecule has 1 atom stereocenters. The van der Waals surface area contributed by atoms with Crippen molar-refractivity contribution in [2.75, 3.05) is 13.1 Å². The number of para-hydroxylation sites is 2. The molecule has 0 amide bonds. The molecule has 7 nitrogen and oxygen atoms in total. The summed E-state index contributed by atoms with van der Waals surface area (Å²) in [5.41, 5.74) is 2.40. The molecule has 2 aromatic carbocycles. The second-order valence-electron chi connectivity index (χ2n) is 7.88. The van der Waals surface area contributed by atoms with Crippen LogP contribution in [0.2, 0.25) is 0 Å². The highest BCUT2D eigenvalue weighted by Crippen LogP contribution is 2.20. The van der Waals surface area contributed by atoms with Crippen LogP contribution in [0.3, 0.4) is 0 Å². The third-order valence-corrected chi connectivity index (χ3v) is 6.16. The van der Waals surface area contributed by atoms with Gasteiger partial charge in [-0.05, 0) is 55.7 Å². The van der Waals surface area contributed by atoms with Gasteiger partial charge in [-0.25, -0.2) is 9.25 Å². The average molecular weight is 422 g/mol. The number of β-amino-alcohol motifs (C(OH)–C–C–N with tert-alkyl or cyclic N) is 1. The van der Waals surface area contributed by atoms with Gasteiger partial charge in [-0.15, -0.1) is 5.10 Å². The van der Waals surface area contributed by atoms with Gasteiger partial charge in [-0.1, -0.05) is 30.3 Å². The number of aromatic nitrogens is 4. The summed E-state index contributed by atoms with van der Waals surface area (Å²) in [7, 11) is 0. The molecule has 0 bridgehead atoms. The normalized spacial score (nSPS) is 17.7.